The van der Waals surface area contributed by atoms with E-state index in [1.54, 1.807) is 35.1 Å². The molecule has 3 aromatic heterocycles. The molecule has 8 heteroatoms. The van der Waals surface area contributed by atoms with Crippen LogP contribution in [0.1, 0.15) is 11.7 Å². The number of anilines is 1. The molecule has 0 aliphatic rings. The summed E-state index contributed by atoms with van der Waals surface area (Å²) < 4.78 is 20.3. The van der Waals surface area contributed by atoms with Gasteiger partial charge in [-0.15, -0.1) is 15.3 Å². The molecule has 132 valence electrons. The van der Waals surface area contributed by atoms with Gasteiger partial charge in [0.2, 0.25) is 0 Å². The van der Waals surface area contributed by atoms with Gasteiger partial charge in [0.25, 0.3) is 0 Å². The van der Waals surface area contributed by atoms with Gasteiger partial charge in [-0.25, -0.2) is 4.39 Å². The van der Waals surface area contributed by atoms with E-state index in [2.05, 4.69) is 20.6 Å². The number of nitrogens with one attached hydrogen (secondary N) is 1. The highest BCUT2D eigenvalue weighted by Gasteiger charge is 2.13. The number of hydrogen-bond donors (Lipinski definition) is 1. The maximum Gasteiger partial charge on any atom is 0.186 e. The molecular formula is C18H16FN5OS. The highest BCUT2D eigenvalue weighted by Crippen LogP contribution is 2.22. The molecule has 0 aliphatic heterocycles. The second-order valence-electron chi connectivity index (χ2n) is 5.68. The Morgan fingerprint density at radius 1 is 1.15 bits per heavy atom. The summed E-state index contributed by atoms with van der Waals surface area (Å²) in [7, 11) is 1.63. The average Bonchev–Trinajstić information content (AvgIpc) is 3.32. The molecule has 4 rings (SSSR count). The quantitative estimate of drug-likeness (QED) is 0.560. The maximum absolute atomic E-state index is 13.1. The third kappa shape index (κ3) is 3.29. The van der Waals surface area contributed by atoms with Gasteiger partial charge in [-0.3, -0.25) is 0 Å². The zero-order valence-corrected chi connectivity index (χ0v) is 14.8. The highest BCUT2D eigenvalue weighted by atomic mass is 32.1. The van der Waals surface area contributed by atoms with Crippen molar-refractivity contribution in [2.24, 2.45) is 0 Å². The molecule has 0 bridgehead atoms. The van der Waals surface area contributed by atoms with Crippen LogP contribution in [0.4, 0.5) is 10.2 Å². The number of methoxy groups -OCH3 is 1. The van der Waals surface area contributed by atoms with Gasteiger partial charge in [-0.05, 0) is 41.3 Å². The Kier molecular flexibility index (Phi) is 4.59. The summed E-state index contributed by atoms with van der Waals surface area (Å²) in [6.07, 6.45) is -0.217. The van der Waals surface area contributed by atoms with Crippen molar-refractivity contribution in [3.8, 4) is 11.4 Å². The van der Waals surface area contributed by atoms with Gasteiger partial charge < -0.3 is 10.1 Å². The van der Waals surface area contributed by atoms with Crippen molar-refractivity contribution in [3.05, 3.63) is 64.6 Å². The number of hydrogen-bond acceptors (Lipinski definition) is 6. The van der Waals surface area contributed by atoms with E-state index in [1.165, 1.54) is 12.1 Å². The van der Waals surface area contributed by atoms with Crippen LogP contribution in [-0.2, 0) is 4.74 Å². The van der Waals surface area contributed by atoms with Crippen LogP contribution in [0.5, 0.6) is 0 Å². The molecule has 0 spiro atoms. The fraction of sp³-hybridized carbons (Fsp3) is 0.167. The molecule has 1 unspecified atom stereocenters. The summed E-state index contributed by atoms with van der Waals surface area (Å²) in [5.74, 6) is 1.11. The van der Waals surface area contributed by atoms with E-state index in [0.717, 1.165) is 11.1 Å². The van der Waals surface area contributed by atoms with Gasteiger partial charge in [-0.1, -0.05) is 12.1 Å². The SMILES string of the molecule is COC(CNc1ccc2nnc(-c3ccsc3)n2n1)c1ccc(F)cc1. The number of nitrogens with zero attached hydrogens (tertiary/aromatic N) is 4. The molecule has 0 radical (unpaired) electrons. The summed E-state index contributed by atoms with van der Waals surface area (Å²) >= 11 is 1.60. The van der Waals surface area contributed by atoms with Crippen molar-refractivity contribution in [1.29, 1.82) is 0 Å². The van der Waals surface area contributed by atoms with Crippen molar-refractivity contribution < 1.29 is 9.13 Å². The smallest absolute Gasteiger partial charge is 0.186 e. The summed E-state index contributed by atoms with van der Waals surface area (Å²) in [6, 6.07) is 12.0. The van der Waals surface area contributed by atoms with E-state index >= 15 is 0 Å². The Bertz CT molecular complexity index is 1000. The van der Waals surface area contributed by atoms with E-state index < -0.39 is 0 Å². The van der Waals surface area contributed by atoms with Gasteiger partial charge >= 0.3 is 0 Å². The van der Waals surface area contributed by atoms with Crippen molar-refractivity contribution in [3.63, 3.8) is 0 Å². The minimum atomic E-state index is -0.266. The lowest BCUT2D eigenvalue weighted by Gasteiger charge is -2.17. The molecule has 1 aromatic carbocycles. The molecule has 0 amide bonds. The second kappa shape index (κ2) is 7.19. The number of ether oxygens (including phenoxy) is 1. The number of aromatic nitrogens is 4. The Labute approximate surface area is 153 Å². The molecule has 0 aliphatic carbocycles. The first kappa shape index (κ1) is 16.6. The van der Waals surface area contributed by atoms with Gasteiger partial charge in [0, 0.05) is 24.6 Å². The number of halogens is 1. The summed E-state index contributed by atoms with van der Waals surface area (Å²) in [4.78, 5) is 0. The summed E-state index contributed by atoms with van der Waals surface area (Å²) in [5, 5.41) is 20.2. The molecule has 4 aromatic rings. The lowest BCUT2D eigenvalue weighted by molar-refractivity contribution is 0.114. The molecule has 26 heavy (non-hydrogen) atoms. The predicted molar refractivity (Wildman–Crippen MR) is 98.7 cm³/mol. The van der Waals surface area contributed by atoms with E-state index in [4.69, 9.17) is 4.74 Å². The van der Waals surface area contributed by atoms with E-state index in [0.29, 0.717) is 23.8 Å². The largest absolute Gasteiger partial charge is 0.375 e. The Morgan fingerprint density at radius 2 is 2.00 bits per heavy atom. The van der Waals surface area contributed by atoms with Crippen LogP contribution in [0.2, 0.25) is 0 Å². The average molecular weight is 369 g/mol. The fourth-order valence-corrected chi connectivity index (χ4v) is 3.30. The first-order valence-corrected chi connectivity index (χ1v) is 8.96. The van der Waals surface area contributed by atoms with E-state index in [-0.39, 0.29) is 11.9 Å². The topological polar surface area (TPSA) is 64.3 Å². The zero-order valence-electron chi connectivity index (χ0n) is 14.0. The van der Waals surface area contributed by atoms with Gasteiger partial charge in [0.1, 0.15) is 11.6 Å². The van der Waals surface area contributed by atoms with Crippen LogP contribution >= 0.6 is 11.3 Å². The first-order valence-electron chi connectivity index (χ1n) is 8.02. The molecule has 0 saturated heterocycles. The third-order valence-corrected chi connectivity index (χ3v) is 4.72. The van der Waals surface area contributed by atoms with Crippen LogP contribution in [0.25, 0.3) is 17.0 Å². The maximum atomic E-state index is 13.1. The Hall–Kier alpha value is -2.84. The molecule has 1 atom stereocenters. The first-order chi connectivity index (χ1) is 12.7. The molecule has 0 fully saturated rings. The lowest BCUT2D eigenvalue weighted by Crippen LogP contribution is -2.15. The third-order valence-electron chi connectivity index (χ3n) is 4.04. The number of rotatable bonds is 6. The molecular weight excluding hydrogens is 353 g/mol. The van der Waals surface area contributed by atoms with E-state index in [9.17, 15) is 4.39 Å². The van der Waals surface area contributed by atoms with Gasteiger partial charge in [-0.2, -0.15) is 15.9 Å². The lowest BCUT2D eigenvalue weighted by atomic mass is 10.1. The van der Waals surface area contributed by atoms with Crippen LogP contribution in [0.3, 0.4) is 0 Å². The van der Waals surface area contributed by atoms with Crippen LogP contribution in [0, 0.1) is 5.82 Å². The fourth-order valence-electron chi connectivity index (χ4n) is 2.67. The Morgan fingerprint density at radius 3 is 2.73 bits per heavy atom. The number of fused-ring (bicyclic) bond motifs is 1. The monoisotopic (exact) mass is 369 g/mol. The predicted octanol–water partition coefficient (Wildman–Crippen LogP) is 3.79. The van der Waals surface area contributed by atoms with Crippen LogP contribution in [0.15, 0.2) is 53.2 Å². The summed E-state index contributed by atoms with van der Waals surface area (Å²) in [5.41, 5.74) is 2.55. The molecule has 6 nitrogen and oxygen atoms in total. The highest BCUT2D eigenvalue weighted by molar-refractivity contribution is 7.08. The van der Waals surface area contributed by atoms with Crippen molar-refractivity contribution in [1.82, 2.24) is 19.8 Å². The normalized spacial score (nSPS) is 12.4. The van der Waals surface area contributed by atoms with Crippen molar-refractivity contribution in [2.45, 2.75) is 6.10 Å². The number of benzene rings is 1. The van der Waals surface area contributed by atoms with Crippen molar-refractivity contribution >= 4 is 22.8 Å². The van der Waals surface area contributed by atoms with E-state index in [1.807, 2.05) is 29.0 Å². The zero-order chi connectivity index (χ0) is 17.9. The van der Waals surface area contributed by atoms with Gasteiger partial charge in [0.05, 0.1) is 6.10 Å². The minimum Gasteiger partial charge on any atom is -0.375 e. The Balaban J connectivity index is 1.55. The summed E-state index contributed by atoms with van der Waals surface area (Å²) in [6.45, 7) is 0.497. The molecule has 3 heterocycles. The van der Waals surface area contributed by atoms with Gasteiger partial charge in [0.15, 0.2) is 11.5 Å². The second-order valence-corrected chi connectivity index (χ2v) is 6.46. The molecule has 1 N–H and O–H groups in total. The minimum absolute atomic E-state index is 0.217. The molecule has 0 saturated carbocycles. The van der Waals surface area contributed by atoms with Crippen LogP contribution < -0.4 is 5.32 Å². The van der Waals surface area contributed by atoms with Crippen molar-refractivity contribution in [2.75, 3.05) is 19.0 Å². The standard InChI is InChI=1S/C18H16FN5OS/c1-25-15(12-2-4-14(19)5-3-12)10-20-16-6-7-17-21-22-18(24(17)23-16)13-8-9-26-11-13/h2-9,11,15H,10H2,1H3,(H,20,23). The van der Waals surface area contributed by atoms with Crippen LogP contribution in [-0.4, -0.2) is 33.5 Å². The number of thiophene rings is 1.